The zero-order valence-electron chi connectivity index (χ0n) is 12.0. The lowest BCUT2D eigenvalue weighted by molar-refractivity contribution is 0.621. The van der Waals surface area contributed by atoms with Gasteiger partial charge in [0.25, 0.3) is 0 Å². The first kappa shape index (κ1) is 5.08. The average Bonchev–Trinajstić information content (AvgIpc) is 2.38. The molecule has 0 spiro atoms. The maximum absolute atomic E-state index is 13.5. The van der Waals surface area contributed by atoms with Crippen LogP contribution < -0.4 is 0 Å². The number of hydrogen-bond acceptors (Lipinski definition) is 0. The van der Waals surface area contributed by atoms with Crippen molar-refractivity contribution in [1.82, 2.24) is 0 Å². The molecular weight excluding hydrogens is 243 g/mol. The van der Waals surface area contributed by atoms with E-state index < -0.39 is 23.9 Å². The van der Waals surface area contributed by atoms with E-state index in [1.54, 1.807) is 0 Å². The molecule has 14 heavy (non-hydrogen) atoms. The van der Waals surface area contributed by atoms with E-state index in [0.29, 0.717) is 0 Å². The first-order chi connectivity index (χ1) is 8.84. The van der Waals surface area contributed by atoms with E-state index in [1.165, 1.54) is 12.1 Å². The second-order valence-electron chi connectivity index (χ2n) is 2.63. The van der Waals surface area contributed by atoms with Crippen LogP contribution in [0.4, 0.5) is 4.39 Å². The molecule has 0 atom stereocenters. The van der Waals surface area contributed by atoms with E-state index >= 15 is 0 Å². The fourth-order valence-electron chi connectivity index (χ4n) is 1.05. The fourth-order valence-corrected chi connectivity index (χ4v) is 1.29. The van der Waals surface area contributed by atoms with Crippen LogP contribution in [0.25, 0.3) is 11.1 Å². The number of benzene rings is 2. The maximum atomic E-state index is 13.5. The summed E-state index contributed by atoms with van der Waals surface area (Å²) < 4.78 is 52.0. The average molecular weight is 256 g/mol. The standard InChI is InChI=1S/C12H8BrF/c13-11-7-6-10(8-12(11)14)9-4-2-1-3-5-9/h1-8H/i1D,2D,3D,4D,5D. The van der Waals surface area contributed by atoms with E-state index in [9.17, 15) is 4.39 Å². The molecule has 0 aliphatic carbocycles. The summed E-state index contributed by atoms with van der Waals surface area (Å²) in [5.41, 5.74) is 0.245. The third kappa shape index (κ3) is 1.85. The molecule has 0 heterocycles. The predicted octanol–water partition coefficient (Wildman–Crippen LogP) is 4.26. The van der Waals surface area contributed by atoms with Crippen LogP contribution in [0.1, 0.15) is 6.85 Å². The van der Waals surface area contributed by atoms with Crippen LogP contribution in [0.2, 0.25) is 0 Å². The van der Waals surface area contributed by atoms with Crippen LogP contribution >= 0.6 is 15.9 Å². The molecule has 0 nitrogen and oxygen atoms in total. The molecule has 0 saturated heterocycles. The monoisotopic (exact) mass is 255 g/mol. The topological polar surface area (TPSA) is 0 Å². The summed E-state index contributed by atoms with van der Waals surface area (Å²) in [6.07, 6.45) is 0. The molecule has 0 fully saturated rings. The molecule has 0 N–H and O–H groups in total. The molecule has 0 unspecified atom stereocenters. The number of halogens is 2. The molecule has 2 aromatic carbocycles. The minimum atomic E-state index is -0.552. The molecule has 0 aliphatic heterocycles. The van der Waals surface area contributed by atoms with Gasteiger partial charge in [-0.1, -0.05) is 36.3 Å². The Morgan fingerprint density at radius 3 is 2.43 bits per heavy atom. The summed E-state index contributed by atoms with van der Waals surface area (Å²) in [7, 11) is 0. The van der Waals surface area contributed by atoms with Crippen molar-refractivity contribution in [2.75, 3.05) is 0 Å². The Hall–Kier alpha value is -1.15. The van der Waals surface area contributed by atoms with Gasteiger partial charge in [-0.25, -0.2) is 4.39 Å². The zero-order chi connectivity index (χ0) is 14.3. The Labute approximate surface area is 97.5 Å². The summed E-state index contributed by atoms with van der Waals surface area (Å²) >= 11 is 3.01. The van der Waals surface area contributed by atoms with E-state index in [-0.39, 0.29) is 27.7 Å². The van der Waals surface area contributed by atoms with Gasteiger partial charge in [0.15, 0.2) is 0 Å². The molecule has 2 heteroatoms. The van der Waals surface area contributed by atoms with Gasteiger partial charge in [0.1, 0.15) is 5.82 Å². The van der Waals surface area contributed by atoms with Crippen LogP contribution in [0, 0.1) is 5.82 Å². The molecular formula is C12H8BrF. The highest BCUT2D eigenvalue weighted by atomic mass is 79.9. The van der Waals surface area contributed by atoms with Crippen LogP contribution in [0.3, 0.4) is 0 Å². The maximum Gasteiger partial charge on any atom is 0.137 e. The quantitative estimate of drug-likeness (QED) is 0.715. The highest BCUT2D eigenvalue weighted by Crippen LogP contribution is 2.23. The summed E-state index contributed by atoms with van der Waals surface area (Å²) in [6, 6.07) is 2.07. The Kier molecular flexibility index (Phi) is 1.42. The molecule has 0 radical (unpaired) electrons. The van der Waals surface area contributed by atoms with Gasteiger partial charge < -0.3 is 0 Å². The Balaban J connectivity index is 2.79. The van der Waals surface area contributed by atoms with Gasteiger partial charge in [-0.3, -0.25) is 0 Å². The van der Waals surface area contributed by atoms with E-state index in [0.717, 1.165) is 6.07 Å². The largest absolute Gasteiger partial charge is 0.206 e. The second-order valence-corrected chi connectivity index (χ2v) is 3.48. The van der Waals surface area contributed by atoms with Crippen LogP contribution in [0.15, 0.2) is 52.9 Å². The molecule has 70 valence electrons. The van der Waals surface area contributed by atoms with Crippen LogP contribution in [-0.4, -0.2) is 0 Å². The molecule has 0 aliphatic rings. The Morgan fingerprint density at radius 1 is 1.07 bits per heavy atom. The summed E-state index contributed by atoms with van der Waals surface area (Å²) in [4.78, 5) is 0. The molecule has 2 aromatic rings. The number of hydrogen-bond donors (Lipinski definition) is 0. The molecule has 0 aromatic heterocycles. The SMILES string of the molecule is [2H]c1c([2H])c([2H])c(-c2ccc(Br)c(F)c2)c([2H])c1[2H]. The number of rotatable bonds is 1. The van der Waals surface area contributed by atoms with Crippen LogP contribution in [-0.2, 0) is 0 Å². The molecule has 0 amide bonds. The van der Waals surface area contributed by atoms with Gasteiger partial charge in [-0.2, -0.15) is 0 Å². The van der Waals surface area contributed by atoms with E-state index in [4.69, 9.17) is 6.85 Å². The van der Waals surface area contributed by atoms with Gasteiger partial charge in [0, 0.05) is 0 Å². The lowest BCUT2D eigenvalue weighted by atomic mass is 10.1. The first-order valence-corrected chi connectivity index (χ1v) is 4.66. The van der Waals surface area contributed by atoms with Gasteiger partial charge in [-0.05, 0) is 39.2 Å². The van der Waals surface area contributed by atoms with Gasteiger partial charge in [0.2, 0.25) is 0 Å². The first-order valence-electron chi connectivity index (χ1n) is 6.37. The predicted molar refractivity (Wildman–Crippen MR) is 59.5 cm³/mol. The third-order valence-electron chi connectivity index (χ3n) is 1.71. The fraction of sp³-hybridized carbons (Fsp3) is 0. The van der Waals surface area contributed by atoms with Gasteiger partial charge in [-0.15, -0.1) is 0 Å². The van der Waals surface area contributed by atoms with E-state index in [1.807, 2.05) is 0 Å². The lowest BCUT2D eigenvalue weighted by Gasteiger charge is -2.02. The summed E-state index contributed by atoms with van der Waals surface area (Å²) in [6.45, 7) is 0. The molecule has 0 saturated carbocycles. The minimum Gasteiger partial charge on any atom is -0.206 e. The molecule has 0 bridgehead atoms. The third-order valence-corrected chi connectivity index (χ3v) is 2.35. The summed E-state index contributed by atoms with van der Waals surface area (Å²) in [5, 5.41) is 0. The van der Waals surface area contributed by atoms with Crippen molar-refractivity contribution in [3.05, 3.63) is 58.7 Å². The Bertz CT molecular complexity index is 643. The van der Waals surface area contributed by atoms with Crippen molar-refractivity contribution >= 4 is 15.9 Å². The minimum absolute atomic E-state index is 0.00241. The van der Waals surface area contributed by atoms with Crippen molar-refractivity contribution in [3.63, 3.8) is 0 Å². The lowest BCUT2D eigenvalue weighted by Crippen LogP contribution is -1.80. The van der Waals surface area contributed by atoms with Gasteiger partial charge in [0.05, 0.1) is 11.3 Å². The van der Waals surface area contributed by atoms with Crippen molar-refractivity contribution in [3.8, 4) is 11.1 Å². The van der Waals surface area contributed by atoms with E-state index in [2.05, 4.69) is 15.9 Å². The highest BCUT2D eigenvalue weighted by Gasteiger charge is 2.01. The van der Waals surface area contributed by atoms with Crippen molar-refractivity contribution in [2.24, 2.45) is 0 Å². The summed E-state index contributed by atoms with van der Waals surface area (Å²) in [5.74, 6) is -0.552. The second kappa shape index (κ2) is 3.93. The molecule has 2 rings (SSSR count). The van der Waals surface area contributed by atoms with Crippen molar-refractivity contribution in [1.29, 1.82) is 0 Å². The Morgan fingerprint density at radius 2 is 1.79 bits per heavy atom. The smallest absolute Gasteiger partial charge is 0.137 e. The normalized spacial score (nSPS) is 15.1. The zero-order valence-corrected chi connectivity index (χ0v) is 8.57. The van der Waals surface area contributed by atoms with Crippen molar-refractivity contribution in [2.45, 2.75) is 0 Å². The van der Waals surface area contributed by atoms with Crippen LogP contribution in [0.5, 0.6) is 0 Å². The van der Waals surface area contributed by atoms with Gasteiger partial charge >= 0.3 is 0 Å². The van der Waals surface area contributed by atoms with Crippen molar-refractivity contribution < 1.29 is 11.2 Å². The highest BCUT2D eigenvalue weighted by molar-refractivity contribution is 9.10.